The lowest BCUT2D eigenvalue weighted by molar-refractivity contribution is -0.0790. The van der Waals surface area contributed by atoms with Gasteiger partial charge >= 0.3 is 6.18 Å². The molecule has 214 valence electrons. The highest BCUT2D eigenvalue weighted by molar-refractivity contribution is 7.90. The van der Waals surface area contributed by atoms with Crippen LogP contribution in [0.4, 0.5) is 28.9 Å². The third-order valence-electron chi connectivity index (χ3n) is 6.41. The summed E-state index contributed by atoms with van der Waals surface area (Å²) in [6, 6.07) is 11.7. The fraction of sp³-hybridized carbons (Fsp3) is 0.370. The SMILES string of the molecule is COc1cc(S(C)(=O)=O)ccc1NCC#Cn1nc2c(N[C@@H]3CCN(C)C[C@@H]3F)cccc2c1/C=C/C(F)(F)F. The molecular formula is C27H29F4N5O3S. The predicted molar refractivity (Wildman–Crippen MR) is 147 cm³/mol. The zero-order valence-corrected chi connectivity index (χ0v) is 22.9. The molecule has 2 aromatic carbocycles. The van der Waals surface area contributed by atoms with Crippen molar-refractivity contribution in [1.82, 2.24) is 14.7 Å². The number of anilines is 2. The van der Waals surface area contributed by atoms with E-state index in [0.29, 0.717) is 41.0 Å². The highest BCUT2D eigenvalue weighted by atomic mass is 32.2. The highest BCUT2D eigenvalue weighted by Crippen LogP contribution is 2.30. The van der Waals surface area contributed by atoms with Gasteiger partial charge in [0.25, 0.3) is 0 Å². The van der Waals surface area contributed by atoms with E-state index in [0.717, 1.165) is 17.0 Å². The number of nitrogens with one attached hydrogen (secondary N) is 2. The van der Waals surface area contributed by atoms with Crippen LogP contribution in [0.2, 0.25) is 0 Å². The molecule has 0 amide bonds. The molecule has 8 nitrogen and oxygen atoms in total. The Balaban J connectivity index is 1.63. The van der Waals surface area contributed by atoms with Gasteiger partial charge in [-0.05, 0) is 37.7 Å². The first-order valence-corrected chi connectivity index (χ1v) is 14.2. The van der Waals surface area contributed by atoms with E-state index in [9.17, 15) is 26.0 Å². The Bertz CT molecular complexity index is 1570. The van der Waals surface area contributed by atoms with Crippen molar-refractivity contribution >= 4 is 38.2 Å². The van der Waals surface area contributed by atoms with Crippen molar-refractivity contribution in [3.05, 3.63) is 48.2 Å². The average Bonchev–Trinajstić information content (AvgIpc) is 3.24. The van der Waals surface area contributed by atoms with Crippen molar-refractivity contribution < 1.29 is 30.7 Å². The monoisotopic (exact) mass is 579 g/mol. The van der Waals surface area contributed by atoms with Gasteiger partial charge in [-0.2, -0.15) is 23.0 Å². The summed E-state index contributed by atoms with van der Waals surface area (Å²) in [5.41, 5.74) is 1.48. The number of alkyl halides is 4. The second-order valence-corrected chi connectivity index (χ2v) is 11.5. The number of methoxy groups -OCH3 is 1. The minimum absolute atomic E-state index is 0.0530. The third-order valence-corrected chi connectivity index (χ3v) is 7.52. The Morgan fingerprint density at radius 2 is 2.00 bits per heavy atom. The minimum Gasteiger partial charge on any atom is -0.495 e. The number of hydrogen-bond acceptors (Lipinski definition) is 7. The van der Waals surface area contributed by atoms with E-state index in [1.807, 2.05) is 11.9 Å². The second-order valence-electron chi connectivity index (χ2n) is 9.47. The molecule has 3 aromatic rings. The van der Waals surface area contributed by atoms with Gasteiger partial charge in [-0.25, -0.2) is 12.8 Å². The summed E-state index contributed by atoms with van der Waals surface area (Å²) >= 11 is 0. The van der Waals surface area contributed by atoms with Crippen LogP contribution in [0.25, 0.3) is 17.0 Å². The molecule has 1 fully saturated rings. The van der Waals surface area contributed by atoms with Gasteiger partial charge < -0.3 is 20.3 Å². The zero-order chi connectivity index (χ0) is 29.1. The highest BCUT2D eigenvalue weighted by Gasteiger charge is 2.28. The number of sulfone groups is 1. The fourth-order valence-electron chi connectivity index (χ4n) is 4.38. The molecule has 2 atom stereocenters. The van der Waals surface area contributed by atoms with Crippen molar-refractivity contribution in [2.45, 2.75) is 29.7 Å². The molecule has 2 N–H and O–H groups in total. The Hall–Kier alpha value is -3.76. The number of aromatic nitrogens is 2. The van der Waals surface area contributed by atoms with E-state index < -0.39 is 28.2 Å². The molecule has 0 saturated carbocycles. The van der Waals surface area contributed by atoms with Gasteiger partial charge in [0.2, 0.25) is 0 Å². The van der Waals surface area contributed by atoms with Gasteiger partial charge in [-0.15, -0.1) is 0 Å². The van der Waals surface area contributed by atoms with E-state index in [4.69, 9.17) is 4.74 Å². The van der Waals surface area contributed by atoms with Crippen molar-refractivity contribution in [1.29, 1.82) is 0 Å². The zero-order valence-electron chi connectivity index (χ0n) is 22.1. The lowest BCUT2D eigenvalue weighted by Crippen LogP contribution is -2.46. The Labute approximate surface area is 229 Å². The molecule has 40 heavy (non-hydrogen) atoms. The first-order chi connectivity index (χ1) is 18.9. The van der Waals surface area contributed by atoms with Gasteiger partial charge in [0.05, 0.1) is 41.7 Å². The van der Waals surface area contributed by atoms with Crippen LogP contribution in [0.3, 0.4) is 0 Å². The van der Waals surface area contributed by atoms with Crippen LogP contribution in [0.1, 0.15) is 12.1 Å². The molecule has 0 spiro atoms. The number of allylic oxidation sites excluding steroid dienone is 1. The molecule has 0 bridgehead atoms. The van der Waals surface area contributed by atoms with Crippen LogP contribution in [-0.4, -0.2) is 81.5 Å². The van der Waals surface area contributed by atoms with Gasteiger partial charge in [-0.3, -0.25) is 0 Å². The normalized spacial score (nSPS) is 18.5. The average molecular weight is 580 g/mol. The summed E-state index contributed by atoms with van der Waals surface area (Å²) in [5.74, 6) is 3.11. The molecule has 1 aliphatic heterocycles. The molecule has 2 heterocycles. The Morgan fingerprint density at radius 3 is 2.67 bits per heavy atom. The van der Waals surface area contributed by atoms with Crippen LogP contribution >= 0.6 is 0 Å². The van der Waals surface area contributed by atoms with Crippen LogP contribution in [0.15, 0.2) is 47.4 Å². The van der Waals surface area contributed by atoms with Crippen molar-refractivity contribution in [3.63, 3.8) is 0 Å². The lowest BCUT2D eigenvalue weighted by Gasteiger charge is -2.33. The standard InChI is InChI=1S/C27H29F4N5O3S/c1-35-15-11-21(20(28)17-35)33-23-7-4-6-19-24(10-12-27(29,30)31)36(34-26(19)23)14-5-13-32-22-9-8-18(40(3,37)38)16-25(22)39-2/h4,6-10,12,16,20-21,32-33H,11,13,15,17H2,1-3H3/b12-10+/t20-,21+/m0/s1. The van der Waals surface area contributed by atoms with E-state index in [1.54, 1.807) is 18.2 Å². The van der Waals surface area contributed by atoms with Gasteiger partial charge in [0.15, 0.2) is 9.84 Å². The number of rotatable bonds is 7. The number of ether oxygens (including phenoxy) is 1. The second kappa shape index (κ2) is 11.8. The molecule has 0 radical (unpaired) electrons. The molecule has 1 saturated heterocycles. The van der Waals surface area contributed by atoms with E-state index in [1.165, 1.54) is 25.3 Å². The Morgan fingerprint density at radius 1 is 1.23 bits per heavy atom. The smallest absolute Gasteiger partial charge is 0.409 e. The number of hydrogen-bond donors (Lipinski definition) is 2. The summed E-state index contributed by atoms with van der Waals surface area (Å²) < 4.78 is 83.8. The Kier molecular flexibility index (Phi) is 8.60. The summed E-state index contributed by atoms with van der Waals surface area (Å²) in [7, 11) is -0.184. The molecule has 0 unspecified atom stereocenters. The quantitative estimate of drug-likeness (QED) is 0.317. The molecule has 1 aromatic heterocycles. The largest absolute Gasteiger partial charge is 0.495 e. The number of benzene rings is 2. The lowest BCUT2D eigenvalue weighted by atomic mass is 10.0. The molecule has 13 heteroatoms. The van der Waals surface area contributed by atoms with Crippen LogP contribution in [-0.2, 0) is 9.84 Å². The van der Waals surface area contributed by atoms with Gasteiger partial charge in [0, 0.05) is 42.9 Å². The molecular weight excluding hydrogens is 550 g/mol. The van der Waals surface area contributed by atoms with Crippen molar-refractivity contribution in [2.75, 3.05) is 50.7 Å². The number of nitrogens with zero attached hydrogens (tertiary/aromatic N) is 3. The van der Waals surface area contributed by atoms with Crippen LogP contribution < -0.4 is 15.4 Å². The molecule has 1 aliphatic rings. The summed E-state index contributed by atoms with van der Waals surface area (Å²) in [6.07, 6.45) is -2.99. The maximum atomic E-state index is 14.7. The summed E-state index contributed by atoms with van der Waals surface area (Å²) in [5, 5.41) is 11.1. The van der Waals surface area contributed by atoms with E-state index in [-0.39, 0.29) is 29.8 Å². The van der Waals surface area contributed by atoms with Gasteiger partial charge in [-0.1, -0.05) is 18.1 Å². The fourth-order valence-corrected chi connectivity index (χ4v) is 5.02. The maximum absolute atomic E-state index is 14.7. The predicted octanol–water partition coefficient (Wildman–Crippen LogP) is 4.40. The maximum Gasteiger partial charge on any atom is 0.409 e. The van der Waals surface area contributed by atoms with Crippen molar-refractivity contribution in [2.24, 2.45) is 0 Å². The number of fused-ring (bicyclic) bond motifs is 1. The van der Waals surface area contributed by atoms with Crippen LogP contribution in [0, 0.1) is 12.0 Å². The number of piperidine rings is 1. The minimum atomic E-state index is -4.55. The number of halogens is 4. The number of likely N-dealkylation sites (tertiary alicyclic amines) is 1. The van der Waals surface area contributed by atoms with Crippen LogP contribution in [0.5, 0.6) is 5.75 Å². The first-order valence-electron chi connectivity index (χ1n) is 12.3. The van der Waals surface area contributed by atoms with E-state index in [2.05, 4.69) is 27.7 Å². The van der Waals surface area contributed by atoms with Gasteiger partial charge in [0.1, 0.15) is 17.4 Å². The van der Waals surface area contributed by atoms with E-state index >= 15 is 0 Å². The first kappa shape index (κ1) is 29.2. The topological polar surface area (TPSA) is 88.5 Å². The van der Waals surface area contributed by atoms with Crippen molar-refractivity contribution in [3.8, 4) is 17.7 Å². The summed E-state index contributed by atoms with van der Waals surface area (Å²) in [6.45, 7) is 1.04. The summed E-state index contributed by atoms with van der Waals surface area (Å²) in [4.78, 5) is 1.99. The molecule has 4 rings (SSSR count). The third kappa shape index (κ3) is 7.05. The molecule has 0 aliphatic carbocycles.